The summed E-state index contributed by atoms with van der Waals surface area (Å²) in [7, 11) is 0. The Balaban J connectivity index is 1.08. The largest absolute Gasteiger partial charge is 0.303 e. The van der Waals surface area contributed by atoms with E-state index in [-0.39, 0.29) is 11.5 Å². The molecule has 3 aromatic heterocycles. The van der Waals surface area contributed by atoms with Crippen LogP contribution in [0.3, 0.4) is 0 Å². The van der Waals surface area contributed by atoms with E-state index < -0.39 is 0 Å². The van der Waals surface area contributed by atoms with E-state index in [0.717, 1.165) is 39.9 Å². The van der Waals surface area contributed by atoms with Gasteiger partial charge >= 0.3 is 0 Å². The molecule has 1 unspecified atom stereocenters. The van der Waals surface area contributed by atoms with Crippen molar-refractivity contribution in [1.29, 1.82) is 0 Å². The smallest absolute Gasteiger partial charge is 0.138 e. The third-order valence-electron chi connectivity index (χ3n) is 12.1. The molecular formula is C52H38N4. The lowest BCUT2D eigenvalue weighted by Gasteiger charge is -2.48. The van der Waals surface area contributed by atoms with Crippen molar-refractivity contribution < 1.29 is 0 Å². The molecule has 1 aliphatic carbocycles. The van der Waals surface area contributed by atoms with Crippen molar-refractivity contribution in [2.75, 3.05) is 4.90 Å². The van der Waals surface area contributed by atoms with E-state index in [0.29, 0.717) is 0 Å². The Morgan fingerprint density at radius 2 is 1.12 bits per heavy atom. The van der Waals surface area contributed by atoms with E-state index in [1.165, 1.54) is 66.1 Å². The number of rotatable bonds is 4. The highest BCUT2D eigenvalue weighted by molar-refractivity contribution is 6.19. The maximum Gasteiger partial charge on any atom is 0.138 e. The molecule has 0 saturated carbocycles. The lowest BCUT2D eigenvalue weighted by atomic mass is 9.68. The molecule has 0 radical (unpaired) electrons. The molecule has 0 amide bonds. The number of aromatic nitrogens is 3. The van der Waals surface area contributed by atoms with Crippen molar-refractivity contribution in [2.45, 2.75) is 31.7 Å². The molecule has 4 nitrogen and oxygen atoms in total. The Labute approximate surface area is 326 Å². The predicted octanol–water partition coefficient (Wildman–Crippen LogP) is 13.0. The zero-order chi connectivity index (χ0) is 37.4. The van der Waals surface area contributed by atoms with Crippen LogP contribution in [0, 0.1) is 0 Å². The number of hydrogen-bond donors (Lipinski definition) is 0. The molecule has 0 fully saturated rings. The minimum Gasteiger partial charge on any atom is -0.303 e. The van der Waals surface area contributed by atoms with Gasteiger partial charge in [-0.1, -0.05) is 153 Å². The number of nitrogens with zero attached hydrogens (tertiary/aromatic N) is 4. The Morgan fingerprint density at radius 1 is 0.536 bits per heavy atom. The molecular weight excluding hydrogens is 681 g/mol. The highest BCUT2D eigenvalue weighted by Gasteiger charge is 2.44. The number of fused-ring (bicyclic) bond motifs is 7. The molecule has 2 aliphatic rings. The monoisotopic (exact) mass is 718 g/mol. The maximum atomic E-state index is 5.36. The SMILES string of the molecule is CC1(C)C2=CC(c3c4ccccc4c(-c4ccc(-c5ccccc5)cc4)c4ccccc34)=CCC2N(c2ccc3ccc4cccnc4c3n2)c2ncccc21. The van der Waals surface area contributed by atoms with E-state index in [9.17, 15) is 0 Å². The van der Waals surface area contributed by atoms with Gasteiger partial charge in [0.15, 0.2) is 0 Å². The second-order valence-electron chi connectivity index (χ2n) is 15.5. The van der Waals surface area contributed by atoms with Crippen LogP contribution in [0.4, 0.5) is 11.6 Å². The van der Waals surface area contributed by atoms with Crippen LogP contribution in [0.15, 0.2) is 182 Å². The number of allylic oxidation sites excluding steroid dienone is 2. The highest BCUT2D eigenvalue weighted by Crippen LogP contribution is 2.52. The summed E-state index contributed by atoms with van der Waals surface area (Å²) in [6, 6.07) is 54.6. The molecule has 0 spiro atoms. The molecule has 0 bridgehead atoms. The Kier molecular flexibility index (Phi) is 7.30. The number of hydrogen-bond acceptors (Lipinski definition) is 4. The normalized spacial score (nSPS) is 16.1. The van der Waals surface area contributed by atoms with Crippen LogP contribution in [-0.4, -0.2) is 21.0 Å². The van der Waals surface area contributed by atoms with E-state index in [1.54, 1.807) is 0 Å². The molecule has 4 heteroatoms. The zero-order valence-corrected chi connectivity index (χ0v) is 31.3. The molecule has 6 aromatic carbocycles. The summed E-state index contributed by atoms with van der Waals surface area (Å²) >= 11 is 0. The van der Waals surface area contributed by atoms with Gasteiger partial charge in [-0.3, -0.25) is 4.98 Å². The summed E-state index contributed by atoms with van der Waals surface area (Å²) in [5.74, 6) is 1.85. The number of anilines is 2. The van der Waals surface area contributed by atoms with Gasteiger partial charge in [0.25, 0.3) is 0 Å². The quantitative estimate of drug-likeness (QED) is 0.134. The minimum absolute atomic E-state index is 0.0453. The topological polar surface area (TPSA) is 41.9 Å². The van der Waals surface area contributed by atoms with E-state index in [1.807, 2.05) is 18.5 Å². The molecule has 1 atom stereocenters. The molecule has 11 rings (SSSR count). The van der Waals surface area contributed by atoms with Crippen molar-refractivity contribution >= 4 is 60.6 Å². The van der Waals surface area contributed by atoms with Gasteiger partial charge < -0.3 is 4.90 Å². The first-order valence-corrected chi connectivity index (χ1v) is 19.5. The number of benzene rings is 6. The van der Waals surface area contributed by atoms with Crippen molar-refractivity contribution in [2.24, 2.45) is 0 Å². The fourth-order valence-corrected chi connectivity index (χ4v) is 9.41. The van der Waals surface area contributed by atoms with Crippen molar-refractivity contribution in [3.05, 3.63) is 193 Å². The third-order valence-corrected chi connectivity index (χ3v) is 12.1. The minimum atomic E-state index is -0.262. The van der Waals surface area contributed by atoms with E-state index >= 15 is 0 Å². The second-order valence-corrected chi connectivity index (χ2v) is 15.5. The Hall–Kier alpha value is -6.91. The molecule has 9 aromatic rings. The van der Waals surface area contributed by atoms with Gasteiger partial charge in [-0.2, -0.15) is 0 Å². The van der Waals surface area contributed by atoms with Crippen LogP contribution in [0.25, 0.3) is 71.2 Å². The molecule has 56 heavy (non-hydrogen) atoms. The van der Waals surface area contributed by atoms with Crippen LogP contribution in [0.1, 0.15) is 31.4 Å². The summed E-state index contributed by atoms with van der Waals surface area (Å²) in [5, 5.41) is 7.21. The fraction of sp³-hybridized carbons (Fsp3) is 0.0962. The Morgan fingerprint density at radius 3 is 1.86 bits per heavy atom. The van der Waals surface area contributed by atoms with Crippen LogP contribution in [0.2, 0.25) is 0 Å². The van der Waals surface area contributed by atoms with Crippen LogP contribution < -0.4 is 4.90 Å². The third kappa shape index (κ3) is 4.95. The molecule has 4 heterocycles. The van der Waals surface area contributed by atoms with Gasteiger partial charge in [-0.25, -0.2) is 9.97 Å². The van der Waals surface area contributed by atoms with Gasteiger partial charge in [0.2, 0.25) is 0 Å². The molecule has 1 aliphatic heterocycles. The van der Waals surface area contributed by atoms with Gasteiger partial charge in [0, 0.05) is 34.1 Å². The molecule has 0 saturated heterocycles. The number of pyridine rings is 3. The van der Waals surface area contributed by atoms with Crippen molar-refractivity contribution in [3.63, 3.8) is 0 Å². The summed E-state index contributed by atoms with van der Waals surface area (Å²) in [6.45, 7) is 4.71. The van der Waals surface area contributed by atoms with Gasteiger partial charge in [0.05, 0.1) is 17.1 Å². The molecule has 266 valence electrons. The van der Waals surface area contributed by atoms with E-state index in [2.05, 4.69) is 176 Å². The van der Waals surface area contributed by atoms with Crippen molar-refractivity contribution in [3.8, 4) is 22.3 Å². The summed E-state index contributed by atoms with van der Waals surface area (Å²) in [4.78, 5) is 17.5. The molecule has 0 N–H and O–H groups in total. The van der Waals surface area contributed by atoms with Crippen molar-refractivity contribution in [1.82, 2.24) is 15.0 Å². The Bertz CT molecular complexity index is 3030. The van der Waals surface area contributed by atoms with Crippen LogP contribution in [0.5, 0.6) is 0 Å². The fourth-order valence-electron chi connectivity index (χ4n) is 9.41. The average molecular weight is 719 g/mol. The van der Waals surface area contributed by atoms with Crippen LogP contribution in [-0.2, 0) is 5.41 Å². The lowest BCUT2D eigenvalue weighted by molar-refractivity contribution is 0.516. The summed E-state index contributed by atoms with van der Waals surface area (Å²) < 4.78 is 0. The van der Waals surface area contributed by atoms with E-state index in [4.69, 9.17) is 15.0 Å². The predicted molar refractivity (Wildman–Crippen MR) is 233 cm³/mol. The first-order chi connectivity index (χ1) is 27.5. The first-order valence-electron chi connectivity index (χ1n) is 19.5. The second kappa shape index (κ2) is 12.6. The van der Waals surface area contributed by atoms with Gasteiger partial charge in [-0.05, 0) is 91.2 Å². The van der Waals surface area contributed by atoms with Gasteiger partial charge in [0.1, 0.15) is 11.6 Å². The average Bonchev–Trinajstić information content (AvgIpc) is 3.26. The lowest BCUT2D eigenvalue weighted by Crippen LogP contribution is -2.46. The maximum absolute atomic E-state index is 5.36. The highest BCUT2D eigenvalue weighted by atomic mass is 15.3. The first kappa shape index (κ1) is 32.5. The zero-order valence-electron chi connectivity index (χ0n) is 31.3. The van der Waals surface area contributed by atoms with Crippen LogP contribution >= 0.6 is 0 Å². The standard InChI is InChI=1S/C52H38N4/c1-52(2)43-19-11-31-54-51(43)56(46-29-27-37-25-24-36-14-10-30-53-49(36)50(37)55-46)45-28-26-38(32-44(45)52)48-41-17-8-6-15-39(41)47(40-16-7-9-18-42(40)48)35-22-20-34(21-23-35)33-12-4-3-5-13-33/h3-27,29-32,45H,28H2,1-2H3. The summed E-state index contributed by atoms with van der Waals surface area (Å²) in [6.07, 6.45) is 9.52. The van der Waals surface area contributed by atoms with Gasteiger partial charge in [-0.15, -0.1) is 0 Å². The summed E-state index contributed by atoms with van der Waals surface area (Å²) in [5.41, 5.74) is 11.6.